The number of fused-ring (bicyclic) bond motifs is 1. The molecule has 1 aliphatic carbocycles. The second-order valence-corrected chi connectivity index (χ2v) is 4.31. The van der Waals surface area contributed by atoms with Crippen molar-refractivity contribution in [2.45, 2.75) is 0 Å². The summed E-state index contributed by atoms with van der Waals surface area (Å²) >= 11 is 1.67. The van der Waals surface area contributed by atoms with Crippen LogP contribution < -0.4 is 4.74 Å². The zero-order valence-electron chi connectivity index (χ0n) is 8.28. The molecule has 0 saturated heterocycles. The Labute approximate surface area is 105 Å². The number of carbonyl (C=O) groups is 2. The maximum absolute atomic E-state index is 11.7. The summed E-state index contributed by atoms with van der Waals surface area (Å²) in [5.74, 6) is -0.970. The third-order valence-electron chi connectivity index (χ3n) is 2.34. The van der Waals surface area contributed by atoms with E-state index in [2.05, 4.69) is 0 Å². The zero-order chi connectivity index (χ0) is 11.9. The maximum atomic E-state index is 11.7. The molecule has 5 heteroatoms. The van der Waals surface area contributed by atoms with Crippen LogP contribution >= 0.6 is 22.6 Å². The molecule has 0 heterocycles. The average Bonchev–Trinajstić information content (AvgIpc) is 2.33. The van der Waals surface area contributed by atoms with Crippen LogP contribution in [0.5, 0.6) is 5.75 Å². The Kier molecular flexibility index (Phi) is 2.71. The van der Waals surface area contributed by atoms with E-state index in [1.54, 1.807) is 34.7 Å². The maximum Gasteiger partial charge on any atom is 0.243 e. The number of Topliss-reactive ketones (excluding diaryl/α,β-unsaturated/α-hetero) is 2. The summed E-state index contributed by atoms with van der Waals surface area (Å²) in [4.78, 5) is 23.2. The van der Waals surface area contributed by atoms with E-state index in [9.17, 15) is 14.7 Å². The van der Waals surface area contributed by atoms with Crippen molar-refractivity contribution in [1.29, 1.82) is 0 Å². The number of carbonyl (C=O) groups excluding carboxylic acids is 2. The summed E-state index contributed by atoms with van der Waals surface area (Å²) in [5.41, 5.74) is 0.553. The molecule has 0 radical (unpaired) electrons. The molecule has 2 rings (SSSR count). The SMILES string of the molecule is COc1ccc2c(c1)C(=O)C(=O)C(I)=C2O. The van der Waals surface area contributed by atoms with Crippen LogP contribution in [0.2, 0.25) is 0 Å². The molecule has 0 saturated carbocycles. The van der Waals surface area contributed by atoms with E-state index in [0.29, 0.717) is 11.3 Å². The van der Waals surface area contributed by atoms with Gasteiger partial charge in [0.25, 0.3) is 0 Å². The largest absolute Gasteiger partial charge is 0.506 e. The van der Waals surface area contributed by atoms with Crippen molar-refractivity contribution in [1.82, 2.24) is 0 Å². The van der Waals surface area contributed by atoms with Gasteiger partial charge in [0.05, 0.1) is 7.11 Å². The molecule has 0 atom stereocenters. The van der Waals surface area contributed by atoms with Gasteiger partial charge in [-0.1, -0.05) is 0 Å². The number of hydrogen-bond acceptors (Lipinski definition) is 4. The Morgan fingerprint density at radius 1 is 1.19 bits per heavy atom. The van der Waals surface area contributed by atoms with Crippen molar-refractivity contribution in [2.24, 2.45) is 0 Å². The van der Waals surface area contributed by atoms with E-state index in [4.69, 9.17) is 4.74 Å². The van der Waals surface area contributed by atoms with Gasteiger partial charge in [-0.25, -0.2) is 0 Å². The first-order chi connectivity index (χ1) is 7.56. The molecule has 0 bridgehead atoms. The molecule has 0 unspecified atom stereocenters. The number of benzene rings is 1. The topological polar surface area (TPSA) is 63.6 Å². The number of methoxy groups -OCH3 is 1. The summed E-state index contributed by atoms with van der Waals surface area (Å²) in [6, 6.07) is 4.64. The van der Waals surface area contributed by atoms with E-state index in [1.807, 2.05) is 0 Å². The number of ketones is 2. The minimum absolute atomic E-state index is 0.0558. The Morgan fingerprint density at radius 3 is 2.50 bits per heavy atom. The molecule has 1 aromatic carbocycles. The Hall–Kier alpha value is -1.37. The summed E-state index contributed by atoms with van der Waals surface area (Å²) < 4.78 is 5.02. The fourth-order valence-corrected chi connectivity index (χ4v) is 2.03. The lowest BCUT2D eigenvalue weighted by atomic mass is 9.94. The number of hydrogen-bond donors (Lipinski definition) is 1. The number of rotatable bonds is 1. The van der Waals surface area contributed by atoms with Crippen LogP contribution in [0.1, 0.15) is 15.9 Å². The molecule has 1 aliphatic rings. The fourth-order valence-electron chi connectivity index (χ4n) is 1.49. The van der Waals surface area contributed by atoms with Crippen molar-refractivity contribution in [3.63, 3.8) is 0 Å². The predicted molar refractivity (Wildman–Crippen MR) is 65.9 cm³/mol. The van der Waals surface area contributed by atoms with Crippen LogP contribution in [-0.4, -0.2) is 23.8 Å². The first kappa shape index (κ1) is 11.1. The molecule has 0 spiro atoms. The first-order valence-corrected chi connectivity index (χ1v) is 5.50. The average molecular weight is 330 g/mol. The van der Waals surface area contributed by atoms with E-state index in [-0.39, 0.29) is 14.9 Å². The second-order valence-electron chi connectivity index (χ2n) is 3.23. The van der Waals surface area contributed by atoms with Gasteiger partial charge in [-0.05, 0) is 40.8 Å². The van der Waals surface area contributed by atoms with Crippen molar-refractivity contribution < 1.29 is 19.4 Å². The number of allylic oxidation sites excluding steroid dienone is 1. The van der Waals surface area contributed by atoms with Gasteiger partial charge in [0, 0.05) is 11.1 Å². The van der Waals surface area contributed by atoms with Gasteiger partial charge in [-0.15, -0.1) is 0 Å². The van der Waals surface area contributed by atoms with Gasteiger partial charge < -0.3 is 9.84 Å². The van der Waals surface area contributed by atoms with Crippen LogP contribution in [0.15, 0.2) is 21.8 Å². The lowest BCUT2D eigenvalue weighted by Crippen LogP contribution is -2.21. The number of aliphatic hydroxyl groups is 1. The van der Waals surface area contributed by atoms with Crippen molar-refractivity contribution in [2.75, 3.05) is 7.11 Å². The number of ether oxygens (including phenoxy) is 1. The summed E-state index contributed by atoms with van der Waals surface area (Å²) in [6.07, 6.45) is 0. The summed E-state index contributed by atoms with van der Waals surface area (Å²) in [7, 11) is 1.47. The van der Waals surface area contributed by atoms with Crippen LogP contribution in [0.3, 0.4) is 0 Å². The smallest absolute Gasteiger partial charge is 0.243 e. The minimum Gasteiger partial charge on any atom is -0.506 e. The van der Waals surface area contributed by atoms with Crippen LogP contribution in [0.4, 0.5) is 0 Å². The van der Waals surface area contributed by atoms with Crippen molar-refractivity contribution in [3.05, 3.63) is 32.9 Å². The minimum atomic E-state index is -0.682. The standard InChI is InChI=1S/C11H7IO4/c1-16-5-2-3-6-7(4-5)10(14)11(15)8(12)9(6)13/h2-4,13H,1H3. The highest BCUT2D eigenvalue weighted by Gasteiger charge is 2.31. The van der Waals surface area contributed by atoms with Gasteiger partial charge in [0.2, 0.25) is 11.6 Å². The molecule has 0 fully saturated rings. The monoisotopic (exact) mass is 330 g/mol. The van der Waals surface area contributed by atoms with E-state index < -0.39 is 11.6 Å². The molecule has 16 heavy (non-hydrogen) atoms. The number of aliphatic hydroxyl groups excluding tert-OH is 1. The second kappa shape index (κ2) is 3.89. The highest BCUT2D eigenvalue weighted by atomic mass is 127. The molecular formula is C11H7IO4. The third-order valence-corrected chi connectivity index (χ3v) is 3.34. The molecule has 0 aliphatic heterocycles. The molecule has 0 aromatic heterocycles. The molecule has 0 amide bonds. The van der Waals surface area contributed by atoms with Gasteiger partial charge in [-0.2, -0.15) is 0 Å². The Morgan fingerprint density at radius 2 is 1.88 bits per heavy atom. The van der Waals surface area contributed by atoms with Gasteiger partial charge >= 0.3 is 0 Å². The third kappa shape index (κ3) is 1.51. The van der Waals surface area contributed by atoms with Crippen molar-refractivity contribution >= 4 is 39.9 Å². The predicted octanol–water partition coefficient (Wildman–Crippen LogP) is 2.12. The van der Waals surface area contributed by atoms with Crippen LogP contribution in [-0.2, 0) is 4.79 Å². The quantitative estimate of drug-likeness (QED) is 0.633. The van der Waals surface area contributed by atoms with Gasteiger partial charge in [-0.3, -0.25) is 9.59 Å². The fraction of sp³-hybridized carbons (Fsp3) is 0.0909. The first-order valence-electron chi connectivity index (χ1n) is 4.42. The zero-order valence-corrected chi connectivity index (χ0v) is 10.4. The van der Waals surface area contributed by atoms with E-state index in [1.165, 1.54) is 13.2 Å². The molecule has 82 valence electrons. The Bertz CT molecular complexity index is 531. The van der Waals surface area contributed by atoms with Crippen LogP contribution in [0.25, 0.3) is 5.76 Å². The highest BCUT2D eigenvalue weighted by Crippen LogP contribution is 2.32. The molecule has 1 N–H and O–H groups in total. The summed E-state index contributed by atoms with van der Waals surface area (Å²) in [5, 5.41) is 9.74. The lowest BCUT2D eigenvalue weighted by molar-refractivity contribution is -0.111. The normalized spacial score (nSPS) is 15.1. The molecular weight excluding hydrogens is 323 g/mol. The lowest BCUT2D eigenvalue weighted by Gasteiger charge is -2.15. The van der Waals surface area contributed by atoms with E-state index >= 15 is 0 Å². The number of halogens is 1. The van der Waals surface area contributed by atoms with Gasteiger partial charge in [0.1, 0.15) is 15.1 Å². The van der Waals surface area contributed by atoms with Gasteiger partial charge in [0.15, 0.2) is 0 Å². The summed E-state index contributed by atoms with van der Waals surface area (Å²) in [6.45, 7) is 0. The van der Waals surface area contributed by atoms with Crippen molar-refractivity contribution in [3.8, 4) is 5.75 Å². The molecule has 4 nitrogen and oxygen atoms in total. The highest BCUT2D eigenvalue weighted by molar-refractivity contribution is 14.1. The van der Waals surface area contributed by atoms with E-state index in [0.717, 1.165) is 0 Å². The molecule has 1 aromatic rings. The Balaban J connectivity index is 2.71. The van der Waals surface area contributed by atoms with Crippen LogP contribution in [0, 0.1) is 0 Å².